The van der Waals surface area contributed by atoms with E-state index in [1.807, 2.05) is 0 Å². The van der Waals surface area contributed by atoms with E-state index in [2.05, 4.69) is 16.7 Å². The third-order valence-electron chi connectivity index (χ3n) is 4.47. The van der Waals surface area contributed by atoms with Crippen molar-refractivity contribution in [2.24, 2.45) is 5.10 Å². The average molecular weight is 399 g/mol. The number of non-ortho nitro benzene ring substituents is 1. The lowest BCUT2D eigenvalue weighted by Crippen LogP contribution is -2.33. The van der Waals surface area contributed by atoms with E-state index in [-0.39, 0.29) is 29.9 Å². The number of nitro groups is 1. The average Bonchev–Trinajstić information content (AvgIpc) is 3.10. The minimum Gasteiger partial charge on any atom is -0.494 e. The van der Waals surface area contributed by atoms with Gasteiger partial charge in [0, 0.05) is 32.0 Å². The van der Waals surface area contributed by atoms with Gasteiger partial charge in [-0.05, 0) is 5.56 Å². The Morgan fingerprint density at radius 3 is 2.83 bits per heavy atom. The number of aromatic hydroxyl groups is 1. The van der Waals surface area contributed by atoms with Crippen LogP contribution in [0.1, 0.15) is 30.5 Å². The molecule has 0 aliphatic carbocycles. The lowest BCUT2D eigenvalue weighted by atomic mass is 9.98. The highest BCUT2D eigenvalue weighted by atomic mass is 16.6. The first-order valence-corrected chi connectivity index (χ1v) is 8.53. The highest BCUT2D eigenvalue weighted by molar-refractivity contribution is 6.04. The Morgan fingerprint density at radius 1 is 1.48 bits per heavy atom. The summed E-state index contributed by atoms with van der Waals surface area (Å²) in [6, 6.07) is 5.02. The molecule has 11 nitrogen and oxygen atoms in total. The van der Waals surface area contributed by atoms with Gasteiger partial charge in [-0.3, -0.25) is 29.3 Å². The van der Waals surface area contributed by atoms with E-state index in [1.165, 1.54) is 31.2 Å². The van der Waals surface area contributed by atoms with Gasteiger partial charge in [-0.2, -0.15) is 5.10 Å². The monoisotopic (exact) mass is 399 g/mol. The van der Waals surface area contributed by atoms with Gasteiger partial charge in [0.1, 0.15) is 5.56 Å². The Hall–Kier alpha value is -4.02. The van der Waals surface area contributed by atoms with Gasteiger partial charge in [-0.25, -0.2) is 9.80 Å². The van der Waals surface area contributed by atoms with Gasteiger partial charge in [0.15, 0.2) is 0 Å². The molecule has 1 aliphatic rings. The molecule has 0 bridgehead atoms. The molecule has 11 heteroatoms. The highest BCUT2D eigenvalue weighted by Crippen LogP contribution is 2.34. The molecule has 2 heterocycles. The smallest absolute Gasteiger partial charge is 0.331 e. The van der Waals surface area contributed by atoms with E-state index in [0.29, 0.717) is 5.56 Å². The first-order valence-electron chi connectivity index (χ1n) is 8.53. The van der Waals surface area contributed by atoms with Crippen LogP contribution < -0.4 is 11.2 Å². The minimum atomic E-state index is -0.852. The van der Waals surface area contributed by atoms with Crippen molar-refractivity contribution in [1.82, 2.24) is 14.6 Å². The van der Waals surface area contributed by atoms with Gasteiger partial charge in [-0.15, -0.1) is 6.58 Å². The Morgan fingerprint density at radius 2 is 2.21 bits per heavy atom. The fourth-order valence-electron chi connectivity index (χ4n) is 3.18. The number of aromatic nitrogens is 2. The first-order chi connectivity index (χ1) is 13.7. The SMILES string of the molecule is C=CCn1c(O)c(C2=NN(C(C)=O)[C@H](c3cccc([N+](=O)[O-])c3)C2)c(=O)[nH]c1=O. The summed E-state index contributed by atoms with van der Waals surface area (Å²) in [5.74, 6) is -1.05. The number of H-pyrrole nitrogens is 1. The van der Waals surface area contributed by atoms with Crippen LogP contribution in [0.3, 0.4) is 0 Å². The van der Waals surface area contributed by atoms with Crippen molar-refractivity contribution in [3.05, 3.63) is 79.0 Å². The summed E-state index contributed by atoms with van der Waals surface area (Å²) < 4.78 is 0.908. The van der Waals surface area contributed by atoms with Gasteiger partial charge >= 0.3 is 5.69 Å². The Kier molecular flexibility index (Phi) is 5.13. The number of nitrogens with zero attached hydrogens (tertiary/aromatic N) is 4. The number of rotatable bonds is 5. The summed E-state index contributed by atoms with van der Waals surface area (Å²) in [7, 11) is 0. The quantitative estimate of drug-likeness (QED) is 0.435. The van der Waals surface area contributed by atoms with Crippen molar-refractivity contribution in [1.29, 1.82) is 0 Å². The van der Waals surface area contributed by atoms with Crippen LogP contribution >= 0.6 is 0 Å². The lowest BCUT2D eigenvalue weighted by molar-refractivity contribution is -0.384. The van der Waals surface area contributed by atoms with E-state index >= 15 is 0 Å². The van der Waals surface area contributed by atoms with Crippen LogP contribution in [0, 0.1) is 10.1 Å². The number of amides is 1. The van der Waals surface area contributed by atoms with Crippen molar-refractivity contribution in [3.63, 3.8) is 0 Å². The van der Waals surface area contributed by atoms with Crippen LogP contribution in [-0.2, 0) is 11.3 Å². The maximum absolute atomic E-state index is 12.3. The molecule has 29 heavy (non-hydrogen) atoms. The van der Waals surface area contributed by atoms with Crippen LogP contribution in [0.4, 0.5) is 5.69 Å². The number of allylic oxidation sites excluding steroid dienone is 1. The third-order valence-corrected chi connectivity index (χ3v) is 4.47. The van der Waals surface area contributed by atoms with Gasteiger partial charge in [0.05, 0.1) is 16.7 Å². The number of hydrogen-bond acceptors (Lipinski definition) is 7. The van der Waals surface area contributed by atoms with Crippen molar-refractivity contribution in [2.45, 2.75) is 25.9 Å². The zero-order valence-electron chi connectivity index (χ0n) is 15.4. The Balaban J connectivity index is 2.10. The molecule has 1 amide bonds. The number of hydrazone groups is 1. The normalized spacial score (nSPS) is 15.8. The van der Waals surface area contributed by atoms with E-state index in [1.54, 1.807) is 6.07 Å². The van der Waals surface area contributed by atoms with Crippen molar-refractivity contribution >= 4 is 17.3 Å². The molecular formula is C18H17N5O6. The molecule has 0 saturated carbocycles. The summed E-state index contributed by atoms with van der Waals surface area (Å²) in [6.45, 7) is 4.71. The molecule has 2 aromatic rings. The molecule has 0 saturated heterocycles. The van der Waals surface area contributed by atoms with Crippen LogP contribution in [-0.4, -0.2) is 36.2 Å². The zero-order chi connectivity index (χ0) is 21.3. The Bertz CT molecular complexity index is 1160. The summed E-state index contributed by atoms with van der Waals surface area (Å²) in [5, 5.41) is 26.8. The number of nitro benzene ring substituents is 1. The van der Waals surface area contributed by atoms with Crippen LogP contribution in [0.25, 0.3) is 0 Å². The second-order valence-corrected chi connectivity index (χ2v) is 6.34. The molecule has 3 rings (SSSR count). The summed E-state index contributed by atoms with van der Waals surface area (Å²) in [5.41, 5.74) is -1.54. The number of aromatic amines is 1. The predicted molar refractivity (Wildman–Crippen MR) is 103 cm³/mol. The summed E-state index contributed by atoms with van der Waals surface area (Å²) in [6.07, 6.45) is 1.39. The number of carbonyl (C=O) groups excluding carboxylic acids is 1. The van der Waals surface area contributed by atoms with Gasteiger partial charge < -0.3 is 5.11 Å². The molecule has 1 atom stereocenters. The van der Waals surface area contributed by atoms with Gasteiger partial charge in [0.2, 0.25) is 11.8 Å². The molecule has 150 valence electrons. The fraction of sp³-hybridized carbons (Fsp3) is 0.222. The molecule has 1 aliphatic heterocycles. The van der Waals surface area contributed by atoms with Gasteiger partial charge in [0.25, 0.3) is 11.2 Å². The van der Waals surface area contributed by atoms with Crippen molar-refractivity contribution < 1.29 is 14.8 Å². The number of hydrogen-bond donors (Lipinski definition) is 2. The standard InChI is InChI=1S/C18H17N5O6/c1-3-7-21-17(26)15(16(25)19-18(21)27)13-9-14(22(20-13)10(2)24)11-5-4-6-12(8-11)23(28)29/h3-6,8,14,26H,1,7,9H2,2H3,(H,19,25,27)/t14-/m0/s1. The van der Waals surface area contributed by atoms with E-state index < -0.39 is 34.0 Å². The summed E-state index contributed by atoms with van der Waals surface area (Å²) >= 11 is 0. The highest BCUT2D eigenvalue weighted by Gasteiger charge is 2.34. The number of nitrogens with one attached hydrogen (secondary N) is 1. The topological polar surface area (TPSA) is 151 Å². The van der Waals surface area contributed by atoms with E-state index in [9.17, 15) is 29.6 Å². The van der Waals surface area contributed by atoms with Crippen molar-refractivity contribution in [2.75, 3.05) is 0 Å². The van der Waals surface area contributed by atoms with Crippen LogP contribution in [0.15, 0.2) is 51.6 Å². The third kappa shape index (κ3) is 3.57. The van der Waals surface area contributed by atoms with E-state index in [0.717, 1.165) is 9.58 Å². The molecule has 0 spiro atoms. The largest absolute Gasteiger partial charge is 0.494 e. The minimum absolute atomic E-state index is 0.0175. The molecule has 0 radical (unpaired) electrons. The van der Waals surface area contributed by atoms with Crippen LogP contribution in [0.5, 0.6) is 5.88 Å². The first kappa shape index (κ1) is 19.7. The molecular weight excluding hydrogens is 382 g/mol. The van der Waals surface area contributed by atoms with Gasteiger partial charge in [-0.1, -0.05) is 18.2 Å². The Labute approximate surface area is 163 Å². The second kappa shape index (κ2) is 7.54. The number of benzene rings is 1. The molecule has 0 unspecified atom stereocenters. The van der Waals surface area contributed by atoms with Crippen molar-refractivity contribution in [3.8, 4) is 5.88 Å². The molecule has 0 fully saturated rings. The fourth-order valence-corrected chi connectivity index (χ4v) is 3.18. The molecule has 2 N–H and O–H groups in total. The predicted octanol–water partition coefficient (Wildman–Crippen LogP) is 1.03. The number of carbonyl (C=O) groups is 1. The summed E-state index contributed by atoms with van der Waals surface area (Å²) in [4.78, 5) is 48.9. The second-order valence-electron chi connectivity index (χ2n) is 6.34. The maximum atomic E-state index is 12.3. The lowest BCUT2D eigenvalue weighted by Gasteiger charge is -2.20. The zero-order valence-corrected chi connectivity index (χ0v) is 15.4. The van der Waals surface area contributed by atoms with Crippen LogP contribution in [0.2, 0.25) is 0 Å². The van der Waals surface area contributed by atoms with E-state index in [4.69, 9.17) is 0 Å². The molecule has 1 aromatic heterocycles. The molecule has 1 aromatic carbocycles. The maximum Gasteiger partial charge on any atom is 0.331 e.